The first kappa shape index (κ1) is 13.7. The maximum absolute atomic E-state index is 12.4. The van der Waals surface area contributed by atoms with Gasteiger partial charge >= 0.3 is 0 Å². The molecule has 0 spiro atoms. The van der Waals surface area contributed by atoms with Gasteiger partial charge in [-0.2, -0.15) is 0 Å². The molecule has 3 rings (SSSR count). The van der Waals surface area contributed by atoms with Crippen LogP contribution in [0.4, 0.5) is 0 Å². The van der Waals surface area contributed by atoms with Crippen molar-refractivity contribution in [2.45, 2.75) is 52.4 Å². The van der Waals surface area contributed by atoms with Gasteiger partial charge in [0.15, 0.2) is 0 Å². The van der Waals surface area contributed by atoms with Crippen LogP contribution in [-0.2, 0) is 17.6 Å². The van der Waals surface area contributed by atoms with E-state index in [9.17, 15) is 4.79 Å². The Hall–Kier alpha value is -1.31. The highest BCUT2D eigenvalue weighted by atomic mass is 16.5. The number of aryl methyl sites for hydroxylation is 1. The van der Waals surface area contributed by atoms with E-state index >= 15 is 0 Å². The monoisotopic (exact) mass is 272 g/mol. The Morgan fingerprint density at radius 2 is 2.25 bits per heavy atom. The van der Waals surface area contributed by atoms with Crippen molar-refractivity contribution in [2.24, 2.45) is 11.3 Å². The van der Waals surface area contributed by atoms with E-state index in [0.29, 0.717) is 12.2 Å². The van der Waals surface area contributed by atoms with E-state index in [-0.39, 0.29) is 11.3 Å². The van der Waals surface area contributed by atoms with Gasteiger partial charge in [-0.3, -0.25) is 4.79 Å². The molecule has 0 N–H and O–H groups in total. The van der Waals surface area contributed by atoms with Crippen molar-refractivity contribution in [2.75, 3.05) is 6.61 Å². The van der Waals surface area contributed by atoms with E-state index in [4.69, 9.17) is 4.74 Å². The molecule has 0 bridgehead atoms. The Bertz CT molecular complexity index is 516. The summed E-state index contributed by atoms with van der Waals surface area (Å²) in [6.07, 6.45) is 6.06. The van der Waals surface area contributed by atoms with Crippen LogP contribution in [0.25, 0.3) is 0 Å². The number of Topliss-reactive ketones (excluding diaryl/α,β-unsaturated/α-hetero) is 1. The zero-order valence-electron chi connectivity index (χ0n) is 12.6. The lowest BCUT2D eigenvalue weighted by Crippen LogP contribution is -2.26. The van der Waals surface area contributed by atoms with Crippen molar-refractivity contribution in [1.82, 2.24) is 0 Å². The first-order valence-corrected chi connectivity index (χ1v) is 7.83. The Labute approximate surface area is 121 Å². The molecule has 2 aliphatic rings. The molecule has 2 heteroatoms. The smallest absolute Gasteiger partial charge is 0.136 e. The number of rotatable bonds is 4. The average Bonchev–Trinajstić information content (AvgIpc) is 3.01. The zero-order valence-corrected chi connectivity index (χ0v) is 12.6. The summed E-state index contributed by atoms with van der Waals surface area (Å²) in [7, 11) is 0. The van der Waals surface area contributed by atoms with Crippen LogP contribution in [0.1, 0.15) is 50.7 Å². The van der Waals surface area contributed by atoms with E-state index in [2.05, 4.69) is 32.0 Å². The largest absolute Gasteiger partial charge is 0.493 e. The van der Waals surface area contributed by atoms with Crippen LogP contribution in [0.3, 0.4) is 0 Å². The Morgan fingerprint density at radius 1 is 1.40 bits per heavy atom. The molecule has 1 aliphatic heterocycles. The average molecular weight is 272 g/mol. The molecule has 1 fully saturated rings. The van der Waals surface area contributed by atoms with Gasteiger partial charge < -0.3 is 4.74 Å². The summed E-state index contributed by atoms with van der Waals surface area (Å²) in [6.45, 7) is 5.29. The Morgan fingerprint density at radius 3 is 3.00 bits per heavy atom. The second-order valence-electron chi connectivity index (χ2n) is 6.94. The van der Waals surface area contributed by atoms with Crippen molar-refractivity contribution in [3.05, 3.63) is 29.3 Å². The predicted octanol–water partition coefficient (Wildman–Crippen LogP) is 3.95. The number of ether oxygens (including phenoxy) is 1. The van der Waals surface area contributed by atoms with Crippen LogP contribution in [0.15, 0.2) is 18.2 Å². The van der Waals surface area contributed by atoms with Crippen LogP contribution in [0, 0.1) is 11.3 Å². The highest BCUT2D eigenvalue weighted by Crippen LogP contribution is 2.43. The molecular formula is C18H24O2. The highest BCUT2D eigenvalue weighted by molar-refractivity contribution is 5.82. The second kappa shape index (κ2) is 5.23. The van der Waals surface area contributed by atoms with Crippen molar-refractivity contribution >= 4 is 5.78 Å². The predicted molar refractivity (Wildman–Crippen MR) is 80.1 cm³/mol. The van der Waals surface area contributed by atoms with Gasteiger partial charge in [0, 0.05) is 18.8 Å². The lowest BCUT2D eigenvalue weighted by molar-refractivity contribution is -0.125. The van der Waals surface area contributed by atoms with Crippen LogP contribution < -0.4 is 4.74 Å². The van der Waals surface area contributed by atoms with E-state index in [1.54, 1.807) is 0 Å². The number of ketones is 1. The summed E-state index contributed by atoms with van der Waals surface area (Å²) in [5, 5.41) is 0. The van der Waals surface area contributed by atoms with Crippen LogP contribution in [-0.4, -0.2) is 12.4 Å². The fraction of sp³-hybridized carbons (Fsp3) is 0.611. The molecule has 0 saturated heterocycles. The molecule has 1 aliphatic carbocycles. The van der Waals surface area contributed by atoms with Crippen LogP contribution >= 0.6 is 0 Å². The third-order valence-electron chi connectivity index (χ3n) is 5.06. The van der Waals surface area contributed by atoms with Gasteiger partial charge in [-0.05, 0) is 41.9 Å². The molecule has 1 atom stereocenters. The number of benzene rings is 1. The van der Waals surface area contributed by atoms with Crippen molar-refractivity contribution < 1.29 is 9.53 Å². The minimum absolute atomic E-state index is 0.211. The molecule has 0 aromatic heterocycles. The summed E-state index contributed by atoms with van der Waals surface area (Å²) in [5.41, 5.74) is 2.79. The van der Waals surface area contributed by atoms with E-state index in [1.165, 1.54) is 24.0 Å². The summed E-state index contributed by atoms with van der Waals surface area (Å²) < 4.78 is 5.52. The fourth-order valence-corrected chi connectivity index (χ4v) is 3.76. The summed E-state index contributed by atoms with van der Waals surface area (Å²) >= 11 is 0. The van der Waals surface area contributed by atoms with E-state index in [1.807, 2.05) is 0 Å². The van der Waals surface area contributed by atoms with E-state index < -0.39 is 0 Å². The molecule has 1 aromatic carbocycles. The maximum Gasteiger partial charge on any atom is 0.136 e. The summed E-state index contributed by atoms with van der Waals surface area (Å²) in [6, 6.07) is 6.38. The number of carbonyl (C=O) groups is 1. The normalized spacial score (nSPS) is 23.4. The molecule has 1 saturated carbocycles. The lowest BCUT2D eigenvalue weighted by atomic mass is 9.78. The molecule has 2 nitrogen and oxygen atoms in total. The third kappa shape index (κ3) is 2.61. The minimum Gasteiger partial charge on any atom is -0.493 e. The maximum atomic E-state index is 12.4. The molecule has 1 aromatic rings. The molecule has 1 unspecified atom stereocenters. The second-order valence-corrected chi connectivity index (χ2v) is 6.94. The molecule has 0 radical (unpaired) electrons. The van der Waals surface area contributed by atoms with Crippen LogP contribution in [0.2, 0.25) is 0 Å². The molecule has 20 heavy (non-hydrogen) atoms. The van der Waals surface area contributed by atoms with Gasteiger partial charge in [0.2, 0.25) is 0 Å². The van der Waals surface area contributed by atoms with Crippen LogP contribution in [0.5, 0.6) is 5.75 Å². The number of hydrogen-bond acceptors (Lipinski definition) is 2. The molecule has 108 valence electrons. The molecule has 0 amide bonds. The van der Waals surface area contributed by atoms with Crippen molar-refractivity contribution in [1.29, 1.82) is 0 Å². The van der Waals surface area contributed by atoms with Gasteiger partial charge in [0.25, 0.3) is 0 Å². The van der Waals surface area contributed by atoms with Crippen molar-refractivity contribution in [3.63, 3.8) is 0 Å². The first-order chi connectivity index (χ1) is 9.56. The standard InChI is InChI=1S/C18H24O2/c1-18(2)10-3-4-15(18)16(19)7-5-13-6-8-17-14(12-13)9-11-20-17/h6,8,12,15H,3-5,7,9-11H2,1-2H3. The summed E-state index contributed by atoms with van der Waals surface area (Å²) in [4.78, 5) is 12.4. The van der Waals surface area contributed by atoms with Gasteiger partial charge in [-0.1, -0.05) is 32.4 Å². The summed E-state index contributed by atoms with van der Waals surface area (Å²) in [5.74, 6) is 1.77. The quantitative estimate of drug-likeness (QED) is 0.829. The SMILES string of the molecule is CC1(C)CCCC1C(=O)CCc1ccc2c(c1)CCO2. The number of fused-ring (bicyclic) bond motifs is 1. The minimum atomic E-state index is 0.211. The fourth-order valence-electron chi connectivity index (χ4n) is 3.76. The molecular weight excluding hydrogens is 248 g/mol. The topological polar surface area (TPSA) is 26.3 Å². The number of hydrogen-bond donors (Lipinski definition) is 0. The zero-order chi connectivity index (χ0) is 14.2. The van der Waals surface area contributed by atoms with Gasteiger partial charge in [0.1, 0.15) is 11.5 Å². The first-order valence-electron chi connectivity index (χ1n) is 7.83. The third-order valence-corrected chi connectivity index (χ3v) is 5.06. The van der Waals surface area contributed by atoms with Gasteiger partial charge in [0.05, 0.1) is 6.61 Å². The Balaban J connectivity index is 1.61. The molecule has 1 heterocycles. The highest BCUT2D eigenvalue weighted by Gasteiger charge is 2.38. The van der Waals surface area contributed by atoms with Crippen molar-refractivity contribution in [3.8, 4) is 5.75 Å². The lowest BCUT2D eigenvalue weighted by Gasteiger charge is -2.25. The van der Waals surface area contributed by atoms with Gasteiger partial charge in [-0.25, -0.2) is 0 Å². The Kier molecular flexibility index (Phi) is 3.57. The van der Waals surface area contributed by atoms with Gasteiger partial charge in [-0.15, -0.1) is 0 Å². The number of carbonyl (C=O) groups excluding carboxylic acids is 1. The van der Waals surface area contributed by atoms with E-state index in [0.717, 1.165) is 31.6 Å².